The summed E-state index contributed by atoms with van der Waals surface area (Å²) in [5.74, 6) is 0.947. The van der Waals surface area contributed by atoms with Gasteiger partial charge in [0.25, 0.3) is 5.91 Å². The van der Waals surface area contributed by atoms with E-state index in [0.717, 1.165) is 31.5 Å². The Morgan fingerprint density at radius 1 is 1.13 bits per heavy atom. The first-order valence-electron chi connectivity index (χ1n) is 9.89. The van der Waals surface area contributed by atoms with Crippen LogP contribution in [0.5, 0.6) is 0 Å². The van der Waals surface area contributed by atoms with Crippen LogP contribution in [0, 0.1) is 11.8 Å². The Kier molecular flexibility index (Phi) is 11.4. The SMILES string of the molecule is CC(CC(=O)NCc1ccc(NC(=O)c2cccnc2)cc1)C1CCNCC1.Cl.Cl. The molecule has 2 amide bonds. The Bertz CT molecular complexity index is 781. The average Bonchev–Trinajstić information content (AvgIpc) is 2.74. The van der Waals surface area contributed by atoms with E-state index in [-0.39, 0.29) is 36.6 Å². The monoisotopic (exact) mass is 452 g/mol. The summed E-state index contributed by atoms with van der Waals surface area (Å²) in [5.41, 5.74) is 2.23. The van der Waals surface area contributed by atoms with Gasteiger partial charge in [0, 0.05) is 31.0 Å². The van der Waals surface area contributed by atoms with Crippen LogP contribution in [0.2, 0.25) is 0 Å². The molecule has 6 nitrogen and oxygen atoms in total. The first-order valence-corrected chi connectivity index (χ1v) is 9.89. The molecule has 1 saturated heterocycles. The second kappa shape index (κ2) is 13.2. The molecular weight excluding hydrogens is 423 g/mol. The van der Waals surface area contributed by atoms with Crippen LogP contribution >= 0.6 is 24.8 Å². The zero-order valence-corrected chi connectivity index (χ0v) is 18.7. The molecule has 2 aromatic rings. The van der Waals surface area contributed by atoms with E-state index in [2.05, 4.69) is 27.9 Å². The molecule has 1 fully saturated rings. The summed E-state index contributed by atoms with van der Waals surface area (Å²) in [6.45, 7) is 4.78. The first kappa shape index (κ1) is 25.9. The van der Waals surface area contributed by atoms with E-state index in [1.165, 1.54) is 6.20 Å². The lowest BCUT2D eigenvalue weighted by Crippen LogP contribution is -2.33. The summed E-state index contributed by atoms with van der Waals surface area (Å²) in [6.07, 6.45) is 6.04. The molecule has 1 aliphatic heterocycles. The van der Waals surface area contributed by atoms with Crippen molar-refractivity contribution in [3.05, 3.63) is 59.9 Å². The van der Waals surface area contributed by atoms with Gasteiger partial charge in [0.15, 0.2) is 0 Å². The molecule has 1 aliphatic rings. The van der Waals surface area contributed by atoms with Crippen LogP contribution in [0.3, 0.4) is 0 Å². The van der Waals surface area contributed by atoms with Crippen molar-refractivity contribution >= 4 is 42.3 Å². The normalized spacial score (nSPS) is 14.6. The van der Waals surface area contributed by atoms with Crippen LogP contribution < -0.4 is 16.0 Å². The van der Waals surface area contributed by atoms with Crippen LogP contribution in [0.25, 0.3) is 0 Å². The number of anilines is 1. The molecule has 1 aromatic heterocycles. The molecule has 0 radical (unpaired) electrons. The largest absolute Gasteiger partial charge is 0.352 e. The minimum absolute atomic E-state index is 0. The van der Waals surface area contributed by atoms with Crippen molar-refractivity contribution in [3.63, 3.8) is 0 Å². The third kappa shape index (κ3) is 7.94. The molecule has 30 heavy (non-hydrogen) atoms. The lowest BCUT2D eigenvalue weighted by Gasteiger charge is -2.27. The van der Waals surface area contributed by atoms with E-state index in [4.69, 9.17) is 0 Å². The summed E-state index contributed by atoms with van der Waals surface area (Å²) < 4.78 is 0. The van der Waals surface area contributed by atoms with Crippen molar-refractivity contribution in [1.29, 1.82) is 0 Å². The highest BCUT2D eigenvalue weighted by Gasteiger charge is 2.21. The van der Waals surface area contributed by atoms with E-state index in [0.29, 0.717) is 36.1 Å². The number of pyridine rings is 1. The maximum atomic E-state index is 12.2. The van der Waals surface area contributed by atoms with Crippen molar-refractivity contribution in [2.24, 2.45) is 11.8 Å². The van der Waals surface area contributed by atoms with E-state index >= 15 is 0 Å². The fourth-order valence-corrected chi connectivity index (χ4v) is 3.55. The number of carbonyl (C=O) groups is 2. The molecule has 3 N–H and O–H groups in total. The smallest absolute Gasteiger partial charge is 0.257 e. The summed E-state index contributed by atoms with van der Waals surface area (Å²) in [5, 5.41) is 9.21. The minimum Gasteiger partial charge on any atom is -0.352 e. The number of aromatic nitrogens is 1. The molecule has 0 spiro atoms. The quantitative estimate of drug-likeness (QED) is 0.595. The van der Waals surface area contributed by atoms with Gasteiger partial charge in [0.05, 0.1) is 5.56 Å². The molecule has 8 heteroatoms. The van der Waals surface area contributed by atoms with Crippen LogP contribution in [0.1, 0.15) is 42.1 Å². The molecule has 1 aromatic carbocycles. The van der Waals surface area contributed by atoms with Crippen LogP contribution in [-0.4, -0.2) is 29.9 Å². The van der Waals surface area contributed by atoms with Gasteiger partial charge in [-0.2, -0.15) is 0 Å². The molecular formula is C22H30Cl2N4O2. The minimum atomic E-state index is -0.193. The zero-order valence-electron chi connectivity index (χ0n) is 17.1. The van der Waals surface area contributed by atoms with Gasteiger partial charge in [0.1, 0.15) is 0 Å². The van der Waals surface area contributed by atoms with E-state index in [1.807, 2.05) is 24.3 Å². The molecule has 0 bridgehead atoms. The maximum Gasteiger partial charge on any atom is 0.257 e. The number of rotatable bonds is 7. The Morgan fingerprint density at radius 2 is 1.83 bits per heavy atom. The topological polar surface area (TPSA) is 83.1 Å². The molecule has 3 rings (SSSR count). The lowest BCUT2D eigenvalue weighted by molar-refractivity contribution is -0.122. The molecule has 0 saturated carbocycles. The second-order valence-electron chi connectivity index (χ2n) is 7.44. The number of amides is 2. The van der Waals surface area contributed by atoms with E-state index in [1.54, 1.807) is 18.3 Å². The first-order chi connectivity index (χ1) is 13.6. The Hall–Kier alpha value is -2.15. The Labute approximate surface area is 190 Å². The van der Waals surface area contributed by atoms with Gasteiger partial charge in [0.2, 0.25) is 5.91 Å². The summed E-state index contributed by atoms with van der Waals surface area (Å²) in [4.78, 5) is 28.3. The number of benzene rings is 1. The van der Waals surface area contributed by atoms with Gasteiger partial charge >= 0.3 is 0 Å². The average molecular weight is 453 g/mol. The summed E-state index contributed by atoms with van der Waals surface area (Å²) >= 11 is 0. The fourth-order valence-electron chi connectivity index (χ4n) is 3.55. The summed E-state index contributed by atoms with van der Waals surface area (Å²) in [6, 6.07) is 11.0. The number of piperidine rings is 1. The van der Waals surface area contributed by atoms with Gasteiger partial charge in [-0.15, -0.1) is 24.8 Å². The summed E-state index contributed by atoms with van der Waals surface area (Å²) in [7, 11) is 0. The molecule has 0 aliphatic carbocycles. The lowest BCUT2D eigenvalue weighted by atomic mass is 9.84. The van der Waals surface area contributed by atoms with Crippen molar-refractivity contribution in [3.8, 4) is 0 Å². The van der Waals surface area contributed by atoms with E-state index in [9.17, 15) is 9.59 Å². The predicted molar refractivity (Wildman–Crippen MR) is 124 cm³/mol. The Balaban J connectivity index is 0.00000225. The molecule has 1 atom stereocenters. The highest BCUT2D eigenvalue weighted by Crippen LogP contribution is 2.24. The van der Waals surface area contributed by atoms with Gasteiger partial charge in [-0.05, 0) is 67.6 Å². The number of hydrogen-bond donors (Lipinski definition) is 3. The van der Waals surface area contributed by atoms with Crippen molar-refractivity contribution in [1.82, 2.24) is 15.6 Å². The van der Waals surface area contributed by atoms with Gasteiger partial charge in [-0.25, -0.2) is 0 Å². The van der Waals surface area contributed by atoms with Crippen LogP contribution in [-0.2, 0) is 11.3 Å². The van der Waals surface area contributed by atoms with Crippen LogP contribution in [0.15, 0.2) is 48.8 Å². The Morgan fingerprint density at radius 3 is 2.47 bits per heavy atom. The highest BCUT2D eigenvalue weighted by molar-refractivity contribution is 6.04. The number of halogens is 2. The molecule has 2 heterocycles. The van der Waals surface area contributed by atoms with Crippen molar-refractivity contribution < 1.29 is 9.59 Å². The maximum absolute atomic E-state index is 12.2. The highest BCUT2D eigenvalue weighted by atomic mass is 35.5. The number of carbonyl (C=O) groups excluding carboxylic acids is 2. The zero-order chi connectivity index (χ0) is 19.8. The third-order valence-corrected chi connectivity index (χ3v) is 5.32. The fraction of sp³-hybridized carbons (Fsp3) is 0.409. The van der Waals surface area contributed by atoms with Crippen molar-refractivity contribution in [2.45, 2.75) is 32.7 Å². The third-order valence-electron chi connectivity index (χ3n) is 5.32. The standard InChI is InChI=1S/C22H28N4O2.2ClH/c1-16(18-8-11-23-12-9-18)13-21(27)25-14-17-4-6-20(7-5-17)26-22(28)19-3-2-10-24-15-19;;/h2-7,10,15-16,18,23H,8-9,11-14H2,1H3,(H,25,27)(H,26,28);2*1H. The number of hydrogen-bond acceptors (Lipinski definition) is 4. The molecule has 164 valence electrons. The predicted octanol–water partition coefficient (Wildman–Crippen LogP) is 3.82. The van der Waals surface area contributed by atoms with Gasteiger partial charge < -0.3 is 16.0 Å². The number of nitrogens with zero attached hydrogens (tertiary/aromatic N) is 1. The van der Waals surface area contributed by atoms with Crippen molar-refractivity contribution in [2.75, 3.05) is 18.4 Å². The number of nitrogens with one attached hydrogen (secondary N) is 3. The second-order valence-corrected chi connectivity index (χ2v) is 7.44. The van der Waals surface area contributed by atoms with Gasteiger partial charge in [-0.1, -0.05) is 19.1 Å². The molecule has 1 unspecified atom stereocenters. The van der Waals surface area contributed by atoms with Crippen LogP contribution in [0.4, 0.5) is 5.69 Å². The van der Waals surface area contributed by atoms with Gasteiger partial charge in [-0.3, -0.25) is 14.6 Å². The van der Waals surface area contributed by atoms with E-state index < -0.39 is 0 Å².